The van der Waals surface area contributed by atoms with Crippen molar-refractivity contribution in [2.24, 2.45) is 0 Å². The number of halogens is 2. The third kappa shape index (κ3) is 3.11. The predicted molar refractivity (Wildman–Crippen MR) is 84.9 cm³/mol. The van der Waals surface area contributed by atoms with Gasteiger partial charge in [-0.05, 0) is 19.1 Å². The summed E-state index contributed by atoms with van der Waals surface area (Å²) in [5.41, 5.74) is 1.09. The number of hydrogen-bond acceptors (Lipinski definition) is 5. The van der Waals surface area contributed by atoms with Crippen LogP contribution >= 0.6 is 11.6 Å². The lowest BCUT2D eigenvalue weighted by atomic mass is 10.1. The number of benzene rings is 1. The monoisotopic (exact) mass is 335 g/mol. The van der Waals surface area contributed by atoms with Gasteiger partial charge in [-0.1, -0.05) is 17.7 Å². The van der Waals surface area contributed by atoms with E-state index in [9.17, 15) is 4.39 Å². The molecule has 0 saturated heterocycles. The van der Waals surface area contributed by atoms with Gasteiger partial charge in [-0.15, -0.1) is 0 Å². The molecule has 0 fully saturated rings. The molecule has 0 amide bonds. The highest BCUT2D eigenvalue weighted by Gasteiger charge is 2.17. The van der Waals surface area contributed by atoms with Crippen LogP contribution in [-0.4, -0.2) is 26.7 Å². The SMILES string of the molecule is COCc1cc(NC(C)c2c(F)cccc2Cl)n2ncnc2n1. The van der Waals surface area contributed by atoms with Crippen LogP contribution in [-0.2, 0) is 11.3 Å². The Morgan fingerprint density at radius 2 is 2.26 bits per heavy atom. The topological polar surface area (TPSA) is 64.3 Å². The van der Waals surface area contributed by atoms with E-state index in [1.165, 1.54) is 12.4 Å². The molecule has 120 valence electrons. The number of methoxy groups -OCH3 is 1. The number of nitrogens with zero attached hydrogens (tertiary/aromatic N) is 4. The Hall–Kier alpha value is -2.25. The van der Waals surface area contributed by atoms with Gasteiger partial charge in [0.15, 0.2) is 0 Å². The predicted octanol–water partition coefficient (Wildman–Crippen LogP) is 3.24. The van der Waals surface area contributed by atoms with Crippen LogP contribution in [0, 0.1) is 5.82 Å². The van der Waals surface area contributed by atoms with Gasteiger partial charge in [-0.25, -0.2) is 9.37 Å². The molecule has 0 saturated carbocycles. The second kappa shape index (κ2) is 6.47. The summed E-state index contributed by atoms with van der Waals surface area (Å²) in [7, 11) is 1.59. The lowest BCUT2D eigenvalue weighted by Gasteiger charge is -2.18. The van der Waals surface area contributed by atoms with Crippen molar-refractivity contribution in [2.45, 2.75) is 19.6 Å². The fourth-order valence-corrected chi connectivity index (χ4v) is 2.73. The van der Waals surface area contributed by atoms with Crippen molar-refractivity contribution in [3.8, 4) is 0 Å². The minimum absolute atomic E-state index is 0.340. The third-order valence-electron chi connectivity index (χ3n) is 3.39. The Bertz CT molecular complexity index is 818. The van der Waals surface area contributed by atoms with Crippen molar-refractivity contribution in [1.82, 2.24) is 19.6 Å². The fourth-order valence-electron chi connectivity index (χ4n) is 2.40. The van der Waals surface area contributed by atoms with E-state index in [1.807, 2.05) is 6.92 Å². The van der Waals surface area contributed by atoms with E-state index in [0.717, 1.165) is 0 Å². The molecule has 1 atom stereocenters. The highest BCUT2D eigenvalue weighted by molar-refractivity contribution is 6.31. The van der Waals surface area contributed by atoms with Gasteiger partial charge in [-0.3, -0.25) is 0 Å². The highest BCUT2D eigenvalue weighted by atomic mass is 35.5. The quantitative estimate of drug-likeness (QED) is 0.775. The zero-order chi connectivity index (χ0) is 16.4. The number of nitrogens with one attached hydrogen (secondary N) is 1. The molecule has 2 heterocycles. The summed E-state index contributed by atoms with van der Waals surface area (Å²) < 4.78 is 20.7. The molecule has 23 heavy (non-hydrogen) atoms. The Morgan fingerprint density at radius 3 is 3.00 bits per heavy atom. The Kier molecular flexibility index (Phi) is 4.40. The molecule has 0 bridgehead atoms. The summed E-state index contributed by atoms with van der Waals surface area (Å²) in [4.78, 5) is 8.41. The first kappa shape index (κ1) is 15.6. The Labute approximate surface area is 137 Å². The fraction of sp³-hybridized carbons (Fsp3) is 0.267. The van der Waals surface area contributed by atoms with Crippen LogP contribution in [0.4, 0.5) is 10.2 Å². The minimum Gasteiger partial charge on any atom is -0.378 e. The van der Waals surface area contributed by atoms with Gasteiger partial charge in [0.05, 0.1) is 18.3 Å². The maximum absolute atomic E-state index is 14.1. The van der Waals surface area contributed by atoms with Crippen molar-refractivity contribution >= 4 is 23.2 Å². The van der Waals surface area contributed by atoms with Gasteiger partial charge in [0.1, 0.15) is 18.0 Å². The molecule has 0 radical (unpaired) electrons. The van der Waals surface area contributed by atoms with Gasteiger partial charge in [0.25, 0.3) is 5.78 Å². The lowest BCUT2D eigenvalue weighted by molar-refractivity contribution is 0.181. The molecule has 2 aromatic heterocycles. The van der Waals surface area contributed by atoms with Gasteiger partial charge < -0.3 is 10.1 Å². The molecule has 0 aliphatic rings. The number of rotatable bonds is 5. The van der Waals surface area contributed by atoms with Gasteiger partial charge in [-0.2, -0.15) is 14.6 Å². The Balaban J connectivity index is 1.98. The lowest BCUT2D eigenvalue weighted by Crippen LogP contribution is -2.13. The number of ether oxygens (including phenoxy) is 1. The van der Waals surface area contributed by atoms with Crippen molar-refractivity contribution in [2.75, 3.05) is 12.4 Å². The van der Waals surface area contributed by atoms with E-state index in [0.29, 0.717) is 34.5 Å². The largest absolute Gasteiger partial charge is 0.378 e. The molecule has 3 rings (SSSR count). The summed E-state index contributed by atoms with van der Waals surface area (Å²) in [6.07, 6.45) is 1.41. The minimum atomic E-state index is -0.367. The molecular formula is C15H15ClFN5O. The maximum atomic E-state index is 14.1. The van der Waals surface area contributed by atoms with Gasteiger partial charge >= 0.3 is 0 Å². The molecule has 6 nitrogen and oxygen atoms in total. The number of fused-ring (bicyclic) bond motifs is 1. The Morgan fingerprint density at radius 1 is 1.43 bits per heavy atom. The van der Waals surface area contributed by atoms with E-state index in [4.69, 9.17) is 16.3 Å². The van der Waals surface area contributed by atoms with Crippen LogP contribution in [0.1, 0.15) is 24.2 Å². The molecule has 0 aliphatic heterocycles. The molecule has 1 N–H and O–H groups in total. The van der Waals surface area contributed by atoms with E-state index in [1.54, 1.807) is 29.8 Å². The summed E-state index contributed by atoms with van der Waals surface area (Å²) in [6.45, 7) is 2.16. The molecule has 3 aromatic rings. The highest BCUT2D eigenvalue weighted by Crippen LogP contribution is 2.28. The standard InChI is InChI=1S/C15H15ClFN5O/c1-9(14-11(16)4-3-5-12(14)17)20-13-6-10(7-23-2)21-15-18-8-19-22(13)15/h3-6,8-9,20H,7H2,1-2H3. The van der Waals surface area contributed by atoms with Gasteiger partial charge in [0.2, 0.25) is 0 Å². The molecule has 0 spiro atoms. The molecular weight excluding hydrogens is 321 g/mol. The second-order valence-electron chi connectivity index (χ2n) is 5.04. The van der Waals surface area contributed by atoms with Crippen molar-refractivity contribution in [3.05, 3.63) is 52.7 Å². The average molecular weight is 336 g/mol. The van der Waals surface area contributed by atoms with E-state index in [-0.39, 0.29) is 11.9 Å². The van der Waals surface area contributed by atoms with Crippen LogP contribution in [0.15, 0.2) is 30.6 Å². The second-order valence-corrected chi connectivity index (χ2v) is 5.45. The maximum Gasteiger partial charge on any atom is 0.254 e. The van der Waals surface area contributed by atoms with Gasteiger partial charge in [0, 0.05) is 23.8 Å². The van der Waals surface area contributed by atoms with Crippen LogP contribution in [0.25, 0.3) is 5.78 Å². The van der Waals surface area contributed by atoms with Crippen molar-refractivity contribution in [3.63, 3.8) is 0 Å². The van der Waals surface area contributed by atoms with Crippen LogP contribution in [0.5, 0.6) is 0 Å². The summed E-state index contributed by atoms with van der Waals surface area (Å²) >= 11 is 6.12. The van der Waals surface area contributed by atoms with E-state index < -0.39 is 0 Å². The molecule has 1 aromatic carbocycles. The third-order valence-corrected chi connectivity index (χ3v) is 3.72. The molecule has 8 heteroatoms. The summed E-state index contributed by atoms with van der Waals surface area (Å²) in [5, 5.41) is 7.70. The number of hydrogen-bond donors (Lipinski definition) is 1. The number of aromatic nitrogens is 4. The van der Waals surface area contributed by atoms with Crippen LogP contribution < -0.4 is 5.32 Å². The van der Waals surface area contributed by atoms with Crippen LogP contribution in [0.3, 0.4) is 0 Å². The zero-order valence-corrected chi connectivity index (χ0v) is 13.4. The molecule has 0 aliphatic carbocycles. The molecule has 1 unspecified atom stereocenters. The summed E-state index contributed by atoms with van der Waals surface area (Å²) in [6, 6.07) is 6.04. The average Bonchev–Trinajstić information content (AvgIpc) is 2.96. The first-order valence-electron chi connectivity index (χ1n) is 6.99. The van der Waals surface area contributed by atoms with E-state index in [2.05, 4.69) is 20.4 Å². The van der Waals surface area contributed by atoms with Crippen molar-refractivity contribution in [1.29, 1.82) is 0 Å². The zero-order valence-electron chi connectivity index (χ0n) is 12.6. The summed E-state index contributed by atoms with van der Waals surface area (Å²) in [5.74, 6) is 0.707. The van der Waals surface area contributed by atoms with Crippen molar-refractivity contribution < 1.29 is 9.13 Å². The van der Waals surface area contributed by atoms with Crippen LogP contribution in [0.2, 0.25) is 5.02 Å². The first-order valence-corrected chi connectivity index (χ1v) is 7.37. The van der Waals surface area contributed by atoms with E-state index >= 15 is 0 Å². The normalized spacial score (nSPS) is 12.5. The first-order chi connectivity index (χ1) is 11.1. The number of anilines is 1. The smallest absolute Gasteiger partial charge is 0.254 e.